The van der Waals surface area contributed by atoms with Gasteiger partial charge < -0.3 is 19.9 Å². The first-order valence-electron chi connectivity index (χ1n) is 11.9. The van der Waals surface area contributed by atoms with Crippen LogP contribution in [0.4, 0.5) is 5.69 Å². The fraction of sp³-hybridized carbons (Fsp3) is 0.267. The lowest BCUT2D eigenvalue weighted by Crippen LogP contribution is -2.44. The average molecular weight is 482 g/mol. The van der Waals surface area contributed by atoms with E-state index in [1.165, 1.54) is 0 Å². The van der Waals surface area contributed by atoms with Gasteiger partial charge in [-0.25, -0.2) is 4.79 Å². The van der Waals surface area contributed by atoms with Crippen molar-refractivity contribution < 1.29 is 24.2 Å². The van der Waals surface area contributed by atoms with Gasteiger partial charge in [0, 0.05) is 34.2 Å². The Bertz CT molecular complexity index is 1390. The molecule has 1 amide bonds. The molecule has 3 aromatic rings. The minimum Gasteiger partial charge on any atom is -0.496 e. The van der Waals surface area contributed by atoms with Crippen LogP contribution < -0.4 is 10.1 Å². The van der Waals surface area contributed by atoms with Crippen LogP contribution in [0.25, 0.3) is 0 Å². The lowest BCUT2D eigenvalue weighted by atomic mass is 9.82. The van der Waals surface area contributed by atoms with Gasteiger partial charge in [0.15, 0.2) is 0 Å². The molecule has 1 heterocycles. The van der Waals surface area contributed by atoms with Crippen LogP contribution in [0, 0.1) is 18.8 Å². The van der Waals surface area contributed by atoms with E-state index in [1.54, 1.807) is 25.3 Å². The molecule has 1 fully saturated rings. The first-order valence-corrected chi connectivity index (χ1v) is 11.9. The monoisotopic (exact) mass is 481 g/mol. The van der Waals surface area contributed by atoms with Crippen LogP contribution in [0.2, 0.25) is 0 Å². The van der Waals surface area contributed by atoms with E-state index in [2.05, 4.69) is 17.2 Å². The molecular formula is C30H27NO5. The molecule has 2 aliphatic rings. The van der Waals surface area contributed by atoms with Gasteiger partial charge in [-0.05, 0) is 56.2 Å². The number of para-hydroxylation sites is 1. The van der Waals surface area contributed by atoms with Crippen molar-refractivity contribution in [2.45, 2.75) is 43.8 Å². The third-order valence-electron chi connectivity index (χ3n) is 6.91. The van der Waals surface area contributed by atoms with E-state index in [1.807, 2.05) is 55.5 Å². The highest BCUT2D eigenvalue weighted by Crippen LogP contribution is 2.55. The Morgan fingerprint density at radius 2 is 1.89 bits per heavy atom. The molecule has 6 heteroatoms. The van der Waals surface area contributed by atoms with Crippen molar-refractivity contribution in [1.82, 2.24) is 0 Å². The van der Waals surface area contributed by atoms with Crippen LogP contribution in [0.5, 0.6) is 5.75 Å². The largest absolute Gasteiger partial charge is 0.496 e. The molecule has 1 unspecified atom stereocenters. The maximum atomic E-state index is 13.6. The fourth-order valence-electron chi connectivity index (χ4n) is 4.70. The molecule has 6 nitrogen and oxygen atoms in total. The standard InChI is InChI=1S/C30H27NO5/c1-20-7-9-21(10-8-20)13-14-30(34,19-29(15-16-29)25-5-3-4-6-26(25)35-2)28(33)31-23-11-12-24-22(17-23)18-36-27(24)32/h3-12,17,34H,15-16,18-19H2,1-2H3,(H,31,33). The zero-order valence-corrected chi connectivity index (χ0v) is 20.3. The van der Waals surface area contributed by atoms with Crippen molar-refractivity contribution in [3.05, 3.63) is 94.5 Å². The summed E-state index contributed by atoms with van der Waals surface area (Å²) in [7, 11) is 1.62. The number of nitrogens with one attached hydrogen (secondary N) is 1. The number of methoxy groups -OCH3 is 1. The molecule has 3 aromatic carbocycles. The Hall–Kier alpha value is -4.08. The van der Waals surface area contributed by atoms with Crippen LogP contribution >= 0.6 is 0 Å². The van der Waals surface area contributed by atoms with Crippen molar-refractivity contribution in [3.63, 3.8) is 0 Å². The quantitative estimate of drug-likeness (QED) is 0.400. The van der Waals surface area contributed by atoms with Crippen molar-refractivity contribution in [2.75, 3.05) is 12.4 Å². The minimum atomic E-state index is -1.96. The summed E-state index contributed by atoms with van der Waals surface area (Å²) in [6.45, 7) is 2.15. The number of hydrogen-bond donors (Lipinski definition) is 2. The zero-order chi connectivity index (χ0) is 25.3. The molecule has 0 radical (unpaired) electrons. The number of amides is 1. The maximum absolute atomic E-state index is 13.6. The van der Waals surface area contributed by atoms with Gasteiger partial charge in [0.1, 0.15) is 12.4 Å². The number of hydrogen-bond acceptors (Lipinski definition) is 5. The summed E-state index contributed by atoms with van der Waals surface area (Å²) in [5.41, 5.74) is 2.03. The van der Waals surface area contributed by atoms with E-state index in [-0.39, 0.29) is 19.0 Å². The maximum Gasteiger partial charge on any atom is 0.338 e. The Kier molecular flexibility index (Phi) is 6.03. The van der Waals surface area contributed by atoms with Gasteiger partial charge in [0.2, 0.25) is 5.60 Å². The number of aryl methyl sites for hydroxylation is 1. The molecular weight excluding hydrogens is 454 g/mol. The lowest BCUT2D eigenvalue weighted by Gasteiger charge is -2.28. The highest BCUT2D eigenvalue weighted by molar-refractivity contribution is 6.01. The topological polar surface area (TPSA) is 84.9 Å². The molecule has 1 aliphatic carbocycles. The molecule has 1 atom stereocenters. The number of aliphatic hydroxyl groups is 1. The van der Waals surface area contributed by atoms with Crippen molar-refractivity contribution >= 4 is 17.6 Å². The van der Waals surface area contributed by atoms with Gasteiger partial charge >= 0.3 is 5.97 Å². The minimum absolute atomic E-state index is 0.123. The molecule has 0 aromatic heterocycles. The molecule has 1 aliphatic heterocycles. The highest BCUT2D eigenvalue weighted by Gasteiger charge is 2.53. The van der Waals surface area contributed by atoms with Gasteiger partial charge in [-0.3, -0.25) is 4.79 Å². The predicted octanol–water partition coefficient (Wildman–Crippen LogP) is 4.52. The number of carbonyl (C=O) groups is 2. The van der Waals surface area contributed by atoms with Crippen molar-refractivity contribution in [1.29, 1.82) is 0 Å². The first-order chi connectivity index (χ1) is 17.3. The fourth-order valence-corrected chi connectivity index (χ4v) is 4.70. The highest BCUT2D eigenvalue weighted by atomic mass is 16.5. The van der Waals surface area contributed by atoms with Crippen LogP contribution in [-0.4, -0.2) is 29.7 Å². The first kappa shape index (κ1) is 23.7. The number of fused-ring (bicyclic) bond motifs is 1. The van der Waals surface area contributed by atoms with Gasteiger partial charge in [-0.2, -0.15) is 0 Å². The molecule has 0 saturated heterocycles. The zero-order valence-electron chi connectivity index (χ0n) is 20.3. The number of anilines is 1. The summed E-state index contributed by atoms with van der Waals surface area (Å²) in [5, 5.41) is 14.6. The lowest BCUT2D eigenvalue weighted by molar-refractivity contribution is -0.130. The van der Waals surface area contributed by atoms with Crippen LogP contribution in [-0.2, 0) is 21.6 Å². The SMILES string of the molecule is COc1ccccc1C1(CC(O)(C#Cc2ccc(C)cc2)C(=O)Nc2ccc3c(c2)COC3=O)CC1. The Balaban J connectivity index is 1.48. The third kappa shape index (κ3) is 4.58. The summed E-state index contributed by atoms with van der Waals surface area (Å²) in [6.07, 6.45) is 1.75. The smallest absolute Gasteiger partial charge is 0.338 e. The normalized spacial score (nSPS) is 16.6. The number of rotatable bonds is 6. The molecule has 1 saturated carbocycles. The van der Waals surface area contributed by atoms with E-state index < -0.39 is 16.9 Å². The van der Waals surface area contributed by atoms with Crippen LogP contribution in [0.15, 0.2) is 66.7 Å². The molecule has 0 spiro atoms. The second-order valence-electron chi connectivity index (χ2n) is 9.54. The Morgan fingerprint density at radius 1 is 1.14 bits per heavy atom. The second kappa shape index (κ2) is 9.18. The summed E-state index contributed by atoms with van der Waals surface area (Å²) < 4.78 is 10.6. The number of benzene rings is 3. The van der Waals surface area contributed by atoms with Gasteiger partial charge in [0.25, 0.3) is 5.91 Å². The average Bonchev–Trinajstić information content (AvgIpc) is 3.57. The summed E-state index contributed by atoms with van der Waals surface area (Å²) in [5.74, 6) is 5.62. The number of esters is 1. The Labute approximate surface area is 210 Å². The van der Waals surface area contributed by atoms with Gasteiger partial charge in [-0.1, -0.05) is 47.7 Å². The van der Waals surface area contributed by atoms with Crippen LogP contribution in [0.3, 0.4) is 0 Å². The molecule has 0 bridgehead atoms. The number of cyclic esters (lactones) is 1. The van der Waals surface area contributed by atoms with E-state index in [0.29, 0.717) is 22.4 Å². The third-order valence-corrected chi connectivity index (χ3v) is 6.91. The molecule has 2 N–H and O–H groups in total. The number of ether oxygens (including phenoxy) is 2. The van der Waals surface area contributed by atoms with E-state index in [4.69, 9.17) is 9.47 Å². The summed E-state index contributed by atoms with van der Waals surface area (Å²) in [4.78, 5) is 25.3. The molecule has 182 valence electrons. The number of carbonyl (C=O) groups excluding carboxylic acids is 2. The van der Waals surface area contributed by atoms with Crippen molar-refractivity contribution in [3.8, 4) is 17.6 Å². The van der Waals surface area contributed by atoms with Gasteiger partial charge in [-0.15, -0.1) is 0 Å². The molecule has 36 heavy (non-hydrogen) atoms. The summed E-state index contributed by atoms with van der Waals surface area (Å²) in [6, 6.07) is 20.3. The van der Waals surface area contributed by atoms with Crippen LogP contribution in [0.1, 0.15) is 51.9 Å². The predicted molar refractivity (Wildman–Crippen MR) is 136 cm³/mol. The second-order valence-corrected chi connectivity index (χ2v) is 9.54. The van der Waals surface area contributed by atoms with E-state index >= 15 is 0 Å². The Morgan fingerprint density at radius 3 is 2.61 bits per heavy atom. The van der Waals surface area contributed by atoms with Gasteiger partial charge in [0.05, 0.1) is 12.7 Å². The van der Waals surface area contributed by atoms with Crippen molar-refractivity contribution in [2.24, 2.45) is 0 Å². The summed E-state index contributed by atoms with van der Waals surface area (Å²) >= 11 is 0. The van der Waals surface area contributed by atoms with E-state index in [0.717, 1.165) is 29.7 Å². The molecule has 5 rings (SSSR count). The van der Waals surface area contributed by atoms with E-state index in [9.17, 15) is 14.7 Å².